The van der Waals surface area contributed by atoms with Crippen LogP contribution in [0, 0.1) is 12.7 Å². The van der Waals surface area contributed by atoms with E-state index in [1.165, 1.54) is 17.7 Å². The van der Waals surface area contributed by atoms with E-state index >= 15 is 0 Å². The Kier molecular flexibility index (Phi) is 5.42. The number of carbonyl (C=O) groups is 1. The molecule has 0 bridgehead atoms. The third kappa shape index (κ3) is 4.54. The third-order valence-electron chi connectivity index (χ3n) is 5.08. The first-order valence-corrected chi connectivity index (χ1v) is 9.68. The number of nitrogens with one attached hydrogen (secondary N) is 1. The number of rotatable bonds is 4. The lowest BCUT2D eigenvalue weighted by atomic mass is 10.2. The van der Waals surface area contributed by atoms with E-state index in [0.717, 1.165) is 17.1 Å². The molecule has 0 radical (unpaired) electrons. The van der Waals surface area contributed by atoms with Crippen LogP contribution in [0.5, 0.6) is 0 Å². The van der Waals surface area contributed by atoms with Crippen molar-refractivity contribution in [2.75, 3.05) is 36.4 Å². The quantitative estimate of drug-likeness (QED) is 0.724. The van der Waals surface area contributed by atoms with Crippen LogP contribution in [-0.4, -0.2) is 42.0 Å². The van der Waals surface area contributed by atoms with Gasteiger partial charge in [0.2, 0.25) is 0 Å². The number of hydrogen-bond acceptors (Lipinski definition) is 4. The van der Waals surface area contributed by atoms with E-state index < -0.39 is 0 Å². The lowest BCUT2D eigenvalue weighted by Gasteiger charge is -2.36. The van der Waals surface area contributed by atoms with Crippen LogP contribution in [0.3, 0.4) is 0 Å². The molecule has 0 spiro atoms. The van der Waals surface area contributed by atoms with Gasteiger partial charge in [-0.3, -0.25) is 9.78 Å². The highest BCUT2D eigenvalue weighted by Crippen LogP contribution is 2.20. The molecular formula is C23H23FN4O. The van der Waals surface area contributed by atoms with Crippen molar-refractivity contribution in [3.8, 4) is 0 Å². The van der Waals surface area contributed by atoms with Crippen LogP contribution in [0.25, 0.3) is 0 Å². The van der Waals surface area contributed by atoms with Crippen LogP contribution in [0.1, 0.15) is 16.1 Å². The second kappa shape index (κ2) is 8.31. The Hall–Kier alpha value is -3.41. The van der Waals surface area contributed by atoms with E-state index in [9.17, 15) is 9.18 Å². The maximum absolute atomic E-state index is 13.1. The minimum atomic E-state index is -0.243. The molecule has 2 aromatic carbocycles. The van der Waals surface area contributed by atoms with Gasteiger partial charge in [0.15, 0.2) is 0 Å². The van der Waals surface area contributed by atoms with E-state index in [-0.39, 0.29) is 11.7 Å². The van der Waals surface area contributed by atoms with Crippen molar-refractivity contribution in [2.24, 2.45) is 0 Å². The van der Waals surface area contributed by atoms with Crippen LogP contribution < -0.4 is 10.2 Å². The average molecular weight is 390 g/mol. The zero-order valence-corrected chi connectivity index (χ0v) is 16.3. The predicted molar refractivity (Wildman–Crippen MR) is 113 cm³/mol. The highest BCUT2D eigenvalue weighted by molar-refractivity contribution is 5.93. The molecule has 0 unspecified atom stereocenters. The number of carbonyl (C=O) groups excluding carboxylic acids is 1. The first kappa shape index (κ1) is 18.9. The maximum atomic E-state index is 13.1. The maximum Gasteiger partial charge on any atom is 0.272 e. The molecule has 1 amide bonds. The fourth-order valence-corrected chi connectivity index (χ4v) is 3.41. The fraction of sp³-hybridized carbons (Fsp3) is 0.217. The second-order valence-corrected chi connectivity index (χ2v) is 7.18. The van der Waals surface area contributed by atoms with E-state index in [4.69, 9.17) is 0 Å². The van der Waals surface area contributed by atoms with Gasteiger partial charge in [-0.05, 0) is 55.5 Å². The summed E-state index contributed by atoms with van der Waals surface area (Å²) in [7, 11) is 0. The number of aryl methyl sites for hydroxylation is 1. The van der Waals surface area contributed by atoms with E-state index in [0.29, 0.717) is 31.9 Å². The van der Waals surface area contributed by atoms with Gasteiger partial charge in [-0.25, -0.2) is 4.39 Å². The Bertz CT molecular complexity index is 981. The number of piperazine rings is 1. The van der Waals surface area contributed by atoms with Crippen LogP contribution in [0.4, 0.5) is 21.5 Å². The topological polar surface area (TPSA) is 48.5 Å². The van der Waals surface area contributed by atoms with Gasteiger partial charge in [-0.2, -0.15) is 0 Å². The minimum absolute atomic E-state index is 0.0729. The molecule has 5 nitrogen and oxygen atoms in total. The monoisotopic (exact) mass is 390 g/mol. The van der Waals surface area contributed by atoms with Gasteiger partial charge in [0.25, 0.3) is 5.91 Å². The Morgan fingerprint density at radius 2 is 1.62 bits per heavy atom. The molecule has 6 heteroatoms. The molecule has 3 aromatic rings. The molecule has 0 aliphatic carbocycles. The smallest absolute Gasteiger partial charge is 0.272 e. The molecule has 1 N–H and O–H groups in total. The van der Waals surface area contributed by atoms with Gasteiger partial charge in [-0.1, -0.05) is 17.7 Å². The van der Waals surface area contributed by atoms with Crippen molar-refractivity contribution in [1.82, 2.24) is 9.88 Å². The SMILES string of the molecule is Cc1ccc(Nc2ccnc(C(=O)N3CCN(c4ccc(F)cc4)CC3)c2)cc1. The molecule has 0 atom stereocenters. The zero-order valence-electron chi connectivity index (χ0n) is 16.3. The van der Waals surface area contributed by atoms with E-state index in [1.807, 2.05) is 42.2 Å². The van der Waals surface area contributed by atoms with Gasteiger partial charge in [0.05, 0.1) is 0 Å². The van der Waals surface area contributed by atoms with Gasteiger partial charge < -0.3 is 15.1 Å². The summed E-state index contributed by atoms with van der Waals surface area (Å²) in [4.78, 5) is 21.2. The number of anilines is 3. The highest BCUT2D eigenvalue weighted by atomic mass is 19.1. The molecule has 0 saturated carbocycles. The van der Waals surface area contributed by atoms with Gasteiger partial charge in [0.1, 0.15) is 11.5 Å². The van der Waals surface area contributed by atoms with E-state index in [1.54, 1.807) is 24.4 Å². The lowest BCUT2D eigenvalue weighted by Crippen LogP contribution is -2.49. The predicted octanol–water partition coefficient (Wildman–Crippen LogP) is 4.24. The van der Waals surface area contributed by atoms with Gasteiger partial charge in [0, 0.05) is 49.4 Å². The number of nitrogens with zero attached hydrogens (tertiary/aromatic N) is 3. The number of pyridine rings is 1. The number of halogens is 1. The van der Waals surface area contributed by atoms with Crippen molar-refractivity contribution in [3.05, 3.63) is 83.9 Å². The van der Waals surface area contributed by atoms with Crippen LogP contribution in [0.15, 0.2) is 66.9 Å². The van der Waals surface area contributed by atoms with Gasteiger partial charge >= 0.3 is 0 Å². The van der Waals surface area contributed by atoms with Crippen LogP contribution >= 0.6 is 0 Å². The summed E-state index contributed by atoms with van der Waals surface area (Å²) in [6.07, 6.45) is 1.65. The number of aromatic nitrogens is 1. The van der Waals surface area contributed by atoms with Gasteiger partial charge in [-0.15, -0.1) is 0 Å². The Morgan fingerprint density at radius 3 is 2.31 bits per heavy atom. The molecule has 1 aliphatic rings. The van der Waals surface area contributed by atoms with Crippen LogP contribution in [0.2, 0.25) is 0 Å². The highest BCUT2D eigenvalue weighted by Gasteiger charge is 2.23. The molecule has 29 heavy (non-hydrogen) atoms. The summed E-state index contributed by atoms with van der Waals surface area (Å²) in [6.45, 7) is 4.67. The summed E-state index contributed by atoms with van der Waals surface area (Å²) in [5, 5.41) is 3.31. The van der Waals surface area contributed by atoms with Crippen molar-refractivity contribution in [3.63, 3.8) is 0 Å². The Balaban J connectivity index is 1.39. The van der Waals surface area contributed by atoms with Crippen molar-refractivity contribution in [2.45, 2.75) is 6.92 Å². The van der Waals surface area contributed by atoms with E-state index in [2.05, 4.69) is 15.2 Å². The standard InChI is InChI=1S/C23H23FN4O/c1-17-2-6-19(7-3-17)26-20-10-11-25-22(16-20)23(29)28-14-12-27(13-15-28)21-8-4-18(24)5-9-21/h2-11,16H,12-15H2,1H3,(H,25,26). The first-order valence-electron chi connectivity index (χ1n) is 9.68. The van der Waals surface area contributed by atoms with Crippen LogP contribution in [-0.2, 0) is 0 Å². The summed E-state index contributed by atoms with van der Waals surface area (Å²) < 4.78 is 13.1. The minimum Gasteiger partial charge on any atom is -0.368 e. The lowest BCUT2D eigenvalue weighted by molar-refractivity contribution is 0.0741. The Morgan fingerprint density at radius 1 is 0.931 bits per heavy atom. The molecule has 1 aromatic heterocycles. The third-order valence-corrected chi connectivity index (χ3v) is 5.08. The molecule has 1 saturated heterocycles. The summed E-state index contributed by atoms with van der Waals surface area (Å²) in [5.74, 6) is -0.316. The largest absolute Gasteiger partial charge is 0.368 e. The second-order valence-electron chi connectivity index (χ2n) is 7.18. The molecule has 148 valence electrons. The normalized spacial score (nSPS) is 14.0. The summed E-state index contributed by atoms with van der Waals surface area (Å²) in [6, 6.07) is 18.2. The molecule has 4 rings (SSSR count). The number of amides is 1. The molecular weight excluding hydrogens is 367 g/mol. The van der Waals surface area contributed by atoms with Crippen molar-refractivity contribution in [1.29, 1.82) is 0 Å². The average Bonchev–Trinajstić information content (AvgIpc) is 2.76. The number of hydrogen-bond donors (Lipinski definition) is 1. The number of benzene rings is 2. The zero-order chi connectivity index (χ0) is 20.2. The molecule has 1 aliphatic heterocycles. The summed E-state index contributed by atoms with van der Waals surface area (Å²) in [5.41, 5.74) is 4.39. The summed E-state index contributed by atoms with van der Waals surface area (Å²) >= 11 is 0. The fourth-order valence-electron chi connectivity index (χ4n) is 3.41. The van der Waals surface area contributed by atoms with Crippen molar-refractivity contribution < 1.29 is 9.18 Å². The van der Waals surface area contributed by atoms with Crippen molar-refractivity contribution >= 4 is 23.0 Å². The molecule has 1 fully saturated rings. The molecule has 2 heterocycles. The first-order chi connectivity index (χ1) is 14.1. The Labute approximate surface area is 169 Å².